The van der Waals surface area contributed by atoms with E-state index in [1.807, 2.05) is 20.0 Å². The van der Waals surface area contributed by atoms with Gasteiger partial charge < -0.3 is 10.1 Å². The van der Waals surface area contributed by atoms with Gasteiger partial charge in [0.05, 0.1) is 12.7 Å². The molecular weight excluding hydrogens is 231 g/mol. The van der Waals surface area contributed by atoms with Crippen LogP contribution in [0, 0.1) is 12.7 Å². The van der Waals surface area contributed by atoms with Gasteiger partial charge in [0, 0.05) is 26.2 Å². The molecule has 18 heavy (non-hydrogen) atoms. The van der Waals surface area contributed by atoms with Crippen LogP contribution in [0.2, 0.25) is 0 Å². The lowest BCUT2D eigenvalue weighted by Gasteiger charge is -2.33. The van der Waals surface area contributed by atoms with Crippen molar-refractivity contribution in [2.45, 2.75) is 19.6 Å². The fourth-order valence-electron chi connectivity index (χ4n) is 2.35. The van der Waals surface area contributed by atoms with Crippen LogP contribution in [0.1, 0.15) is 11.1 Å². The topological polar surface area (TPSA) is 24.5 Å². The average molecular weight is 252 g/mol. The number of nitrogens with one attached hydrogen (secondary N) is 1. The first-order valence-corrected chi connectivity index (χ1v) is 6.42. The molecule has 1 aliphatic rings. The van der Waals surface area contributed by atoms with Gasteiger partial charge in [-0.05, 0) is 37.2 Å². The molecule has 1 atom stereocenters. The van der Waals surface area contributed by atoms with Crippen molar-refractivity contribution in [1.82, 2.24) is 10.2 Å². The summed E-state index contributed by atoms with van der Waals surface area (Å²) in [5, 5.41) is 3.14. The van der Waals surface area contributed by atoms with E-state index in [-0.39, 0.29) is 11.9 Å². The summed E-state index contributed by atoms with van der Waals surface area (Å²) >= 11 is 0. The molecule has 0 aromatic heterocycles. The molecule has 0 bridgehead atoms. The van der Waals surface area contributed by atoms with Crippen molar-refractivity contribution >= 4 is 0 Å². The average Bonchev–Trinajstić information content (AvgIpc) is 2.34. The van der Waals surface area contributed by atoms with Crippen molar-refractivity contribution in [3.05, 3.63) is 35.1 Å². The van der Waals surface area contributed by atoms with Gasteiger partial charge in [0.15, 0.2) is 0 Å². The van der Waals surface area contributed by atoms with Crippen LogP contribution in [-0.4, -0.2) is 44.3 Å². The lowest BCUT2D eigenvalue weighted by atomic mass is 10.1. The van der Waals surface area contributed by atoms with E-state index < -0.39 is 0 Å². The summed E-state index contributed by atoms with van der Waals surface area (Å²) in [5.41, 5.74) is 2.22. The summed E-state index contributed by atoms with van der Waals surface area (Å²) in [6.45, 7) is 6.35. The maximum Gasteiger partial charge on any atom is 0.123 e. The van der Waals surface area contributed by atoms with Crippen molar-refractivity contribution in [3.63, 3.8) is 0 Å². The van der Waals surface area contributed by atoms with Gasteiger partial charge in [0.2, 0.25) is 0 Å². The van der Waals surface area contributed by atoms with Crippen LogP contribution in [0.3, 0.4) is 0 Å². The summed E-state index contributed by atoms with van der Waals surface area (Å²) in [6.07, 6.45) is 0.254. The lowest BCUT2D eigenvalue weighted by Crippen LogP contribution is -2.45. The van der Waals surface area contributed by atoms with Gasteiger partial charge in [-0.3, -0.25) is 4.90 Å². The Morgan fingerprint density at radius 3 is 3.06 bits per heavy atom. The molecule has 1 unspecified atom stereocenters. The van der Waals surface area contributed by atoms with E-state index in [2.05, 4.69) is 10.2 Å². The summed E-state index contributed by atoms with van der Waals surface area (Å²) < 4.78 is 18.7. The second-order valence-electron chi connectivity index (χ2n) is 4.86. The maximum atomic E-state index is 13.0. The minimum absolute atomic E-state index is 0.161. The van der Waals surface area contributed by atoms with E-state index >= 15 is 0 Å². The Hall–Kier alpha value is -0.970. The van der Waals surface area contributed by atoms with Crippen molar-refractivity contribution < 1.29 is 9.13 Å². The Kier molecular flexibility index (Phi) is 4.69. The molecule has 1 heterocycles. The van der Waals surface area contributed by atoms with Crippen LogP contribution < -0.4 is 5.32 Å². The molecule has 0 aliphatic carbocycles. The van der Waals surface area contributed by atoms with Gasteiger partial charge in [-0.25, -0.2) is 4.39 Å². The minimum Gasteiger partial charge on any atom is -0.374 e. The number of ether oxygens (including phenoxy) is 1. The summed E-state index contributed by atoms with van der Waals surface area (Å²) in [6, 6.07) is 5.02. The Morgan fingerprint density at radius 2 is 2.33 bits per heavy atom. The number of likely N-dealkylation sites (N-methyl/N-ethyl adjacent to an activating group) is 1. The van der Waals surface area contributed by atoms with Crippen molar-refractivity contribution in [1.29, 1.82) is 0 Å². The minimum atomic E-state index is -0.161. The normalized spacial score (nSPS) is 21.2. The van der Waals surface area contributed by atoms with E-state index in [1.165, 1.54) is 11.6 Å². The fourth-order valence-corrected chi connectivity index (χ4v) is 2.35. The zero-order valence-corrected chi connectivity index (χ0v) is 11.1. The van der Waals surface area contributed by atoms with Gasteiger partial charge in [-0.2, -0.15) is 0 Å². The Labute approximate surface area is 108 Å². The number of halogens is 1. The first-order valence-electron chi connectivity index (χ1n) is 6.42. The SMILES string of the molecule is CNCC1CN(Cc2ccc(F)cc2C)CCO1. The summed E-state index contributed by atoms with van der Waals surface area (Å²) in [4.78, 5) is 2.37. The third kappa shape index (κ3) is 3.51. The van der Waals surface area contributed by atoms with E-state index in [0.29, 0.717) is 0 Å². The molecule has 1 aromatic rings. The lowest BCUT2D eigenvalue weighted by molar-refractivity contribution is -0.0292. The Morgan fingerprint density at radius 1 is 1.50 bits per heavy atom. The molecule has 0 amide bonds. The highest BCUT2D eigenvalue weighted by atomic mass is 19.1. The largest absolute Gasteiger partial charge is 0.374 e. The number of nitrogens with zero attached hydrogens (tertiary/aromatic N) is 1. The number of benzene rings is 1. The monoisotopic (exact) mass is 252 g/mol. The number of aryl methyl sites for hydroxylation is 1. The number of morpholine rings is 1. The molecule has 1 N–H and O–H groups in total. The molecule has 3 nitrogen and oxygen atoms in total. The maximum absolute atomic E-state index is 13.0. The number of hydrogen-bond donors (Lipinski definition) is 1. The third-order valence-corrected chi connectivity index (χ3v) is 3.35. The van der Waals surface area contributed by atoms with E-state index in [9.17, 15) is 4.39 Å². The first-order chi connectivity index (χ1) is 8.69. The molecular formula is C14H21FN2O. The molecule has 0 radical (unpaired) electrons. The Bertz CT molecular complexity index is 395. The van der Waals surface area contributed by atoms with Gasteiger partial charge in [0.1, 0.15) is 5.82 Å². The predicted octanol–water partition coefficient (Wildman–Crippen LogP) is 1.55. The molecule has 0 saturated carbocycles. The van der Waals surface area contributed by atoms with E-state index in [1.54, 1.807) is 6.07 Å². The van der Waals surface area contributed by atoms with Crippen LogP contribution in [0.25, 0.3) is 0 Å². The quantitative estimate of drug-likeness (QED) is 0.880. The fraction of sp³-hybridized carbons (Fsp3) is 0.571. The van der Waals surface area contributed by atoms with Gasteiger partial charge in [0.25, 0.3) is 0 Å². The van der Waals surface area contributed by atoms with Gasteiger partial charge in [-0.15, -0.1) is 0 Å². The Balaban J connectivity index is 1.96. The van der Waals surface area contributed by atoms with E-state index in [0.717, 1.165) is 38.3 Å². The van der Waals surface area contributed by atoms with Crippen molar-refractivity contribution in [2.75, 3.05) is 33.3 Å². The molecule has 2 rings (SSSR count). The molecule has 100 valence electrons. The smallest absolute Gasteiger partial charge is 0.123 e. The van der Waals surface area contributed by atoms with Crippen LogP contribution in [-0.2, 0) is 11.3 Å². The van der Waals surface area contributed by atoms with Crippen molar-refractivity contribution in [2.24, 2.45) is 0 Å². The predicted molar refractivity (Wildman–Crippen MR) is 70.1 cm³/mol. The summed E-state index contributed by atoms with van der Waals surface area (Å²) in [5.74, 6) is -0.161. The first kappa shape index (κ1) is 13.5. The molecule has 1 fully saturated rings. The third-order valence-electron chi connectivity index (χ3n) is 3.35. The highest BCUT2D eigenvalue weighted by Gasteiger charge is 2.20. The second kappa shape index (κ2) is 6.27. The summed E-state index contributed by atoms with van der Waals surface area (Å²) in [7, 11) is 1.94. The zero-order chi connectivity index (χ0) is 13.0. The number of hydrogen-bond acceptors (Lipinski definition) is 3. The van der Waals surface area contributed by atoms with Crippen LogP contribution >= 0.6 is 0 Å². The molecule has 1 aromatic carbocycles. The highest BCUT2D eigenvalue weighted by Crippen LogP contribution is 2.15. The second-order valence-corrected chi connectivity index (χ2v) is 4.86. The molecule has 1 saturated heterocycles. The van der Waals surface area contributed by atoms with E-state index in [4.69, 9.17) is 4.74 Å². The van der Waals surface area contributed by atoms with Gasteiger partial charge >= 0.3 is 0 Å². The van der Waals surface area contributed by atoms with Crippen molar-refractivity contribution in [3.8, 4) is 0 Å². The standard InChI is InChI=1S/C14H21FN2O/c1-11-7-13(15)4-3-12(11)9-17-5-6-18-14(10-17)8-16-2/h3-4,7,14,16H,5-6,8-10H2,1-2H3. The van der Waals surface area contributed by atoms with Crippen LogP contribution in [0.15, 0.2) is 18.2 Å². The van der Waals surface area contributed by atoms with Crippen LogP contribution in [0.5, 0.6) is 0 Å². The molecule has 4 heteroatoms. The molecule has 0 spiro atoms. The van der Waals surface area contributed by atoms with Gasteiger partial charge in [-0.1, -0.05) is 6.07 Å². The zero-order valence-electron chi connectivity index (χ0n) is 11.1. The number of rotatable bonds is 4. The molecule has 1 aliphatic heterocycles. The van der Waals surface area contributed by atoms with Crippen LogP contribution in [0.4, 0.5) is 4.39 Å². The highest BCUT2D eigenvalue weighted by molar-refractivity contribution is 5.26.